The number of carbonyl (C=O) groups is 1. The molecule has 2 aromatic carbocycles. The molecule has 1 heterocycles. The highest BCUT2D eigenvalue weighted by Gasteiger charge is 2.21. The smallest absolute Gasteiger partial charge is 0.360 e. The molecule has 1 aromatic heterocycles. The molecule has 0 saturated heterocycles. The van der Waals surface area contributed by atoms with Crippen LogP contribution in [0.5, 0.6) is 11.5 Å². The number of carboxylic acid groups (broad SMARTS) is 1. The number of benzene rings is 2. The topological polar surface area (TPSA) is 163 Å². The molecule has 0 aliphatic rings. The highest BCUT2D eigenvalue weighted by atomic mass is 16.6. The molecule has 0 spiro atoms. The largest absolute Gasteiger partial charge is 0.508 e. The fourth-order valence-corrected chi connectivity index (χ4v) is 2.59. The lowest BCUT2D eigenvalue weighted by molar-refractivity contribution is -0.385. The molecule has 3 aromatic rings. The number of phenols is 2. The van der Waals surface area contributed by atoms with Gasteiger partial charge in [-0.15, -0.1) is 0 Å². The Balaban J connectivity index is 2.18. The number of nitrogens with zero attached hydrogens (tertiary/aromatic N) is 1. The SMILES string of the molecule is Cc1c(O)c([N+](=O)[O-])cc2cc(Nc3ccc(O)cc3C(=O)O)c(=O)oc12. The number of phenolic OH excluding ortho intramolecular Hbond substituents is 2. The second-order valence-electron chi connectivity index (χ2n) is 5.65. The van der Waals surface area contributed by atoms with Crippen molar-refractivity contribution in [1.82, 2.24) is 0 Å². The molecule has 0 radical (unpaired) electrons. The zero-order valence-corrected chi connectivity index (χ0v) is 13.7. The van der Waals surface area contributed by atoms with Gasteiger partial charge in [-0.2, -0.15) is 0 Å². The summed E-state index contributed by atoms with van der Waals surface area (Å²) in [6, 6.07) is 5.78. The van der Waals surface area contributed by atoms with Gasteiger partial charge >= 0.3 is 17.3 Å². The van der Waals surface area contributed by atoms with E-state index in [0.717, 1.165) is 12.1 Å². The van der Waals surface area contributed by atoms with Crippen LogP contribution in [-0.2, 0) is 0 Å². The van der Waals surface area contributed by atoms with Crippen molar-refractivity contribution in [2.75, 3.05) is 5.32 Å². The molecular weight excluding hydrogens is 360 g/mol. The van der Waals surface area contributed by atoms with Crippen molar-refractivity contribution in [3.8, 4) is 11.5 Å². The molecule has 10 nitrogen and oxygen atoms in total. The summed E-state index contributed by atoms with van der Waals surface area (Å²) in [6.07, 6.45) is 0. The van der Waals surface area contributed by atoms with E-state index < -0.39 is 28.0 Å². The Bertz CT molecular complexity index is 1170. The van der Waals surface area contributed by atoms with Crippen LogP contribution in [0.4, 0.5) is 17.1 Å². The van der Waals surface area contributed by atoms with Crippen LogP contribution in [0, 0.1) is 17.0 Å². The summed E-state index contributed by atoms with van der Waals surface area (Å²) in [4.78, 5) is 33.8. The summed E-state index contributed by atoms with van der Waals surface area (Å²) in [5, 5.41) is 42.3. The molecule has 0 amide bonds. The number of aromatic hydroxyl groups is 2. The van der Waals surface area contributed by atoms with Crippen molar-refractivity contribution in [3.63, 3.8) is 0 Å². The molecule has 0 unspecified atom stereocenters. The highest BCUT2D eigenvalue weighted by molar-refractivity contribution is 5.96. The minimum absolute atomic E-state index is 0.0111. The van der Waals surface area contributed by atoms with Gasteiger partial charge in [0.15, 0.2) is 0 Å². The molecule has 3 rings (SSSR count). The monoisotopic (exact) mass is 372 g/mol. The first-order valence-corrected chi connectivity index (χ1v) is 7.47. The van der Waals surface area contributed by atoms with Crippen LogP contribution in [0.25, 0.3) is 11.0 Å². The predicted molar refractivity (Wildman–Crippen MR) is 93.9 cm³/mol. The number of nitrogens with one attached hydrogen (secondary N) is 1. The van der Waals surface area contributed by atoms with Gasteiger partial charge in [0, 0.05) is 17.0 Å². The number of hydrogen-bond donors (Lipinski definition) is 4. The van der Waals surface area contributed by atoms with Gasteiger partial charge in [0.05, 0.1) is 16.2 Å². The van der Waals surface area contributed by atoms with Crippen LogP contribution in [0.1, 0.15) is 15.9 Å². The second kappa shape index (κ2) is 6.33. The third-order valence-electron chi connectivity index (χ3n) is 3.91. The molecule has 0 atom stereocenters. The maximum absolute atomic E-state index is 12.2. The van der Waals surface area contributed by atoms with Crippen molar-refractivity contribution in [2.45, 2.75) is 6.92 Å². The third kappa shape index (κ3) is 3.11. The van der Waals surface area contributed by atoms with E-state index in [4.69, 9.17) is 4.42 Å². The van der Waals surface area contributed by atoms with Crippen LogP contribution in [0.15, 0.2) is 39.5 Å². The maximum atomic E-state index is 12.2. The number of nitro benzene ring substituents is 1. The fourth-order valence-electron chi connectivity index (χ4n) is 2.59. The van der Waals surface area contributed by atoms with Crippen molar-refractivity contribution >= 4 is 34.0 Å². The van der Waals surface area contributed by atoms with Crippen LogP contribution in [-0.4, -0.2) is 26.2 Å². The third-order valence-corrected chi connectivity index (χ3v) is 3.91. The fraction of sp³-hybridized carbons (Fsp3) is 0.0588. The van der Waals surface area contributed by atoms with Gasteiger partial charge in [0.1, 0.15) is 17.0 Å². The normalized spacial score (nSPS) is 10.7. The van der Waals surface area contributed by atoms with Crippen molar-refractivity contribution in [3.05, 3.63) is 62.0 Å². The van der Waals surface area contributed by atoms with Crippen molar-refractivity contribution < 1.29 is 29.5 Å². The highest BCUT2D eigenvalue weighted by Crippen LogP contribution is 2.36. The first-order valence-electron chi connectivity index (χ1n) is 7.47. The quantitative estimate of drug-likeness (QED) is 0.233. The van der Waals surface area contributed by atoms with Crippen LogP contribution in [0.3, 0.4) is 0 Å². The summed E-state index contributed by atoms with van der Waals surface area (Å²) in [5.74, 6) is -2.22. The summed E-state index contributed by atoms with van der Waals surface area (Å²) in [7, 11) is 0. The maximum Gasteiger partial charge on any atom is 0.360 e. The van der Waals surface area contributed by atoms with E-state index in [0.29, 0.717) is 0 Å². The zero-order valence-electron chi connectivity index (χ0n) is 13.7. The Labute approximate surface area is 150 Å². The van der Waals surface area contributed by atoms with Gasteiger partial charge in [0.2, 0.25) is 5.75 Å². The first-order chi connectivity index (χ1) is 12.7. The van der Waals surface area contributed by atoms with Crippen LogP contribution >= 0.6 is 0 Å². The number of hydrogen-bond acceptors (Lipinski definition) is 8. The van der Waals surface area contributed by atoms with Crippen molar-refractivity contribution in [2.24, 2.45) is 0 Å². The predicted octanol–water partition coefficient (Wildman–Crippen LogP) is 2.86. The Morgan fingerprint density at radius 3 is 2.52 bits per heavy atom. The van der Waals surface area contributed by atoms with Gasteiger partial charge in [0.25, 0.3) is 0 Å². The van der Waals surface area contributed by atoms with Crippen molar-refractivity contribution in [1.29, 1.82) is 0 Å². The Kier molecular flexibility index (Phi) is 4.16. The van der Waals surface area contributed by atoms with E-state index in [1.807, 2.05) is 0 Å². The number of nitro groups is 1. The number of anilines is 2. The number of fused-ring (bicyclic) bond motifs is 1. The molecule has 27 heavy (non-hydrogen) atoms. The van der Waals surface area contributed by atoms with Crippen LogP contribution in [0.2, 0.25) is 0 Å². The average molecular weight is 372 g/mol. The lowest BCUT2D eigenvalue weighted by Gasteiger charge is -2.10. The van der Waals surface area contributed by atoms with E-state index in [2.05, 4.69) is 5.32 Å². The summed E-state index contributed by atoms with van der Waals surface area (Å²) < 4.78 is 5.14. The second-order valence-corrected chi connectivity index (χ2v) is 5.65. The standard InChI is InChI=1S/C17H12N2O8/c1-7-14(21)13(19(25)26)5-8-4-12(17(24)27-15(7)8)18-11-3-2-9(20)6-10(11)16(22)23/h2-6,18,20-21H,1H3,(H,22,23). The number of carboxylic acids is 1. The Morgan fingerprint density at radius 1 is 1.19 bits per heavy atom. The zero-order chi connectivity index (χ0) is 19.9. The molecule has 10 heteroatoms. The molecule has 0 aliphatic carbocycles. The van der Waals surface area contributed by atoms with Gasteiger partial charge < -0.3 is 25.1 Å². The summed E-state index contributed by atoms with van der Waals surface area (Å²) in [6.45, 7) is 1.36. The van der Waals surface area contributed by atoms with E-state index in [-0.39, 0.29) is 39.2 Å². The van der Waals surface area contributed by atoms with E-state index in [9.17, 15) is 35.0 Å². The molecule has 0 fully saturated rings. The molecule has 0 saturated carbocycles. The number of rotatable bonds is 4. The summed E-state index contributed by atoms with van der Waals surface area (Å²) in [5.41, 5.74) is -1.88. The Hall–Kier alpha value is -4.08. The van der Waals surface area contributed by atoms with E-state index >= 15 is 0 Å². The summed E-state index contributed by atoms with van der Waals surface area (Å²) >= 11 is 0. The van der Waals surface area contributed by atoms with E-state index in [1.54, 1.807) is 0 Å². The lowest BCUT2D eigenvalue weighted by atomic mass is 10.1. The van der Waals surface area contributed by atoms with E-state index in [1.165, 1.54) is 25.1 Å². The van der Waals surface area contributed by atoms with Gasteiger partial charge in [-0.25, -0.2) is 9.59 Å². The molecular formula is C17H12N2O8. The van der Waals surface area contributed by atoms with Gasteiger partial charge in [-0.05, 0) is 31.2 Å². The average Bonchev–Trinajstić information content (AvgIpc) is 2.60. The Morgan fingerprint density at radius 2 is 1.89 bits per heavy atom. The van der Waals surface area contributed by atoms with Gasteiger partial charge in [-0.3, -0.25) is 10.1 Å². The molecule has 138 valence electrons. The van der Waals surface area contributed by atoms with Crippen LogP contribution < -0.4 is 10.9 Å². The minimum atomic E-state index is -1.34. The number of aromatic carboxylic acids is 1. The molecule has 0 bridgehead atoms. The van der Waals surface area contributed by atoms with Gasteiger partial charge in [-0.1, -0.05) is 0 Å². The molecule has 0 aliphatic heterocycles. The number of aryl methyl sites for hydroxylation is 1. The first kappa shape index (κ1) is 17.7. The minimum Gasteiger partial charge on any atom is -0.508 e. The lowest BCUT2D eigenvalue weighted by Crippen LogP contribution is -2.10. The molecule has 4 N–H and O–H groups in total.